The van der Waals surface area contributed by atoms with Gasteiger partial charge in [-0.25, -0.2) is 8.42 Å². The number of nitrogens with one attached hydrogen (secondary N) is 1. The highest BCUT2D eigenvalue weighted by atomic mass is 35.5. The molecule has 0 aliphatic carbocycles. The van der Waals surface area contributed by atoms with E-state index in [0.717, 1.165) is 9.87 Å². The first-order valence-corrected chi connectivity index (χ1v) is 14.4. The molecule has 9 nitrogen and oxygen atoms in total. The standard InChI is InChI=1S/C29H34ClN3O6S/c1-20(2)31-29(35)21(3)32(18-22-11-14-24(38-4)15-12-22)28(34)19-33(26-17-23(30)13-16-27(26)39-5)40(36,37)25-9-7-6-8-10-25/h6-17,20-21H,18-19H2,1-5H3,(H,31,35). The second-order valence-electron chi connectivity index (χ2n) is 9.35. The zero-order valence-electron chi connectivity index (χ0n) is 23.1. The molecule has 214 valence electrons. The van der Waals surface area contributed by atoms with Crippen LogP contribution in [0.5, 0.6) is 11.5 Å². The number of halogens is 1. The molecular formula is C29H34ClN3O6S. The summed E-state index contributed by atoms with van der Waals surface area (Å²) in [6, 6.07) is 18.3. The van der Waals surface area contributed by atoms with Crippen LogP contribution in [0, 0.1) is 0 Å². The number of methoxy groups -OCH3 is 2. The summed E-state index contributed by atoms with van der Waals surface area (Å²) in [5.74, 6) is -0.108. The van der Waals surface area contributed by atoms with Gasteiger partial charge < -0.3 is 19.7 Å². The Labute approximate surface area is 240 Å². The molecule has 1 atom stereocenters. The first-order chi connectivity index (χ1) is 19.0. The van der Waals surface area contributed by atoms with Crippen LogP contribution in [0.1, 0.15) is 26.3 Å². The van der Waals surface area contributed by atoms with Crippen molar-refractivity contribution in [1.29, 1.82) is 0 Å². The number of amides is 2. The quantitative estimate of drug-likeness (QED) is 0.335. The van der Waals surface area contributed by atoms with E-state index in [1.54, 1.807) is 62.6 Å². The molecule has 1 N–H and O–H groups in total. The Balaban J connectivity index is 2.08. The summed E-state index contributed by atoms with van der Waals surface area (Å²) in [5, 5.41) is 3.09. The molecule has 0 heterocycles. The average molecular weight is 588 g/mol. The second kappa shape index (κ2) is 13.5. The normalized spacial score (nSPS) is 12.0. The van der Waals surface area contributed by atoms with E-state index < -0.39 is 28.5 Å². The van der Waals surface area contributed by atoms with Crippen molar-refractivity contribution in [3.05, 3.63) is 83.4 Å². The number of carbonyl (C=O) groups excluding carboxylic acids is 2. The molecule has 0 aliphatic rings. The molecule has 0 saturated carbocycles. The molecule has 3 aromatic rings. The molecular weight excluding hydrogens is 554 g/mol. The molecule has 40 heavy (non-hydrogen) atoms. The highest BCUT2D eigenvalue weighted by Crippen LogP contribution is 2.35. The van der Waals surface area contributed by atoms with Gasteiger partial charge in [-0.1, -0.05) is 41.9 Å². The van der Waals surface area contributed by atoms with E-state index in [0.29, 0.717) is 5.75 Å². The number of hydrogen-bond acceptors (Lipinski definition) is 6. The SMILES string of the molecule is COc1ccc(CN(C(=O)CN(c2cc(Cl)ccc2OC)S(=O)(=O)c2ccccc2)C(C)C(=O)NC(C)C)cc1. The Morgan fingerprint density at radius 1 is 0.925 bits per heavy atom. The molecule has 0 radical (unpaired) electrons. The van der Waals surface area contributed by atoms with Crippen LogP contribution in [-0.4, -0.2) is 58.0 Å². The Morgan fingerprint density at radius 3 is 2.15 bits per heavy atom. The Bertz CT molecular complexity index is 1420. The first-order valence-electron chi connectivity index (χ1n) is 12.6. The zero-order chi connectivity index (χ0) is 29.4. The van der Waals surface area contributed by atoms with Crippen molar-refractivity contribution in [1.82, 2.24) is 10.2 Å². The third kappa shape index (κ3) is 7.45. The predicted octanol–water partition coefficient (Wildman–Crippen LogP) is 4.49. The van der Waals surface area contributed by atoms with Crippen molar-refractivity contribution in [3.8, 4) is 11.5 Å². The monoisotopic (exact) mass is 587 g/mol. The number of nitrogens with zero attached hydrogens (tertiary/aromatic N) is 2. The molecule has 0 fully saturated rings. The van der Waals surface area contributed by atoms with Crippen LogP contribution in [0.15, 0.2) is 77.7 Å². The maximum absolute atomic E-state index is 14.0. The number of rotatable bonds is 12. The van der Waals surface area contributed by atoms with E-state index >= 15 is 0 Å². The van der Waals surface area contributed by atoms with Crippen LogP contribution >= 0.6 is 11.6 Å². The van der Waals surface area contributed by atoms with Crippen molar-refractivity contribution in [2.45, 2.75) is 44.3 Å². The second-order valence-corrected chi connectivity index (χ2v) is 11.6. The van der Waals surface area contributed by atoms with E-state index in [1.165, 1.54) is 36.3 Å². The number of carbonyl (C=O) groups is 2. The van der Waals surface area contributed by atoms with Crippen molar-refractivity contribution in [2.24, 2.45) is 0 Å². The lowest BCUT2D eigenvalue weighted by Gasteiger charge is -2.32. The van der Waals surface area contributed by atoms with Gasteiger partial charge in [-0.15, -0.1) is 0 Å². The minimum atomic E-state index is -4.25. The number of sulfonamides is 1. The van der Waals surface area contributed by atoms with Crippen molar-refractivity contribution in [3.63, 3.8) is 0 Å². The fraction of sp³-hybridized carbons (Fsp3) is 0.310. The summed E-state index contributed by atoms with van der Waals surface area (Å²) < 4.78 is 39.4. The van der Waals surface area contributed by atoms with Crippen molar-refractivity contribution >= 4 is 39.1 Å². The number of anilines is 1. The van der Waals surface area contributed by atoms with E-state index in [-0.39, 0.29) is 39.8 Å². The van der Waals surface area contributed by atoms with Gasteiger partial charge in [0.1, 0.15) is 24.1 Å². The van der Waals surface area contributed by atoms with Crippen LogP contribution in [0.2, 0.25) is 5.02 Å². The largest absolute Gasteiger partial charge is 0.497 e. The summed E-state index contributed by atoms with van der Waals surface area (Å²) >= 11 is 6.25. The molecule has 0 spiro atoms. The maximum atomic E-state index is 14.0. The highest BCUT2D eigenvalue weighted by Gasteiger charge is 2.34. The molecule has 3 aromatic carbocycles. The number of ether oxygens (including phenoxy) is 2. The summed E-state index contributed by atoms with van der Waals surface area (Å²) in [6.07, 6.45) is 0. The van der Waals surface area contributed by atoms with Gasteiger partial charge in [0.05, 0.1) is 24.8 Å². The molecule has 1 unspecified atom stereocenters. The van der Waals surface area contributed by atoms with E-state index in [9.17, 15) is 18.0 Å². The van der Waals surface area contributed by atoms with E-state index in [2.05, 4.69) is 5.32 Å². The van der Waals surface area contributed by atoms with Crippen LogP contribution in [0.25, 0.3) is 0 Å². The highest BCUT2D eigenvalue weighted by molar-refractivity contribution is 7.92. The molecule has 0 aliphatic heterocycles. The number of benzene rings is 3. The molecule has 2 amide bonds. The van der Waals surface area contributed by atoms with Crippen LogP contribution in [0.3, 0.4) is 0 Å². The summed E-state index contributed by atoms with van der Waals surface area (Å²) in [6.45, 7) is 4.69. The first kappa shape index (κ1) is 30.8. The Hall–Kier alpha value is -3.76. The van der Waals surface area contributed by atoms with Gasteiger partial charge in [0.15, 0.2) is 0 Å². The Kier molecular flexibility index (Phi) is 10.4. The smallest absolute Gasteiger partial charge is 0.264 e. The maximum Gasteiger partial charge on any atom is 0.264 e. The van der Waals surface area contributed by atoms with Gasteiger partial charge in [-0.2, -0.15) is 0 Å². The predicted molar refractivity (Wildman–Crippen MR) is 155 cm³/mol. The average Bonchev–Trinajstić information content (AvgIpc) is 2.94. The van der Waals surface area contributed by atoms with Crippen molar-refractivity contribution < 1.29 is 27.5 Å². The third-order valence-electron chi connectivity index (χ3n) is 6.13. The van der Waals surface area contributed by atoms with Gasteiger partial charge in [-0.3, -0.25) is 13.9 Å². The topological polar surface area (TPSA) is 105 Å². The van der Waals surface area contributed by atoms with Gasteiger partial charge in [-0.05, 0) is 68.8 Å². The van der Waals surface area contributed by atoms with Crippen LogP contribution < -0.4 is 19.1 Å². The molecule has 3 rings (SSSR count). The summed E-state index contributed by atoms with van der Waals surface area (Å²) in [4.78, 5) is 28.3. The lowest BCUT2D eigenvalue weighted by molar-refractivity contribution is -0.139. The molecule has 0 aromatic heterocycles. The van der Waals surface area contributed by atoms with Crippen LogP contribution in [-0.2, 0) is 26.2 Å². The fourth-order valence-electron chi connectivity index (χ4n) is 4.01. The van der Waals surface area contributed by atoms with Gasteiger partial charge in [0, 0.05) is 17.6 Å². The van der Waals surface area contributed by atoms with E-state index in [4.69, 9.17) is 21.1 Å². The Morgan fingerprint density at radius 2 is 1.57 bits per heavy atom. The number of hydrogen-bond donors (Lipinski definition) is 1. The summed E-state index contributed by atoms with van der Waals surface area (Å²) in [7, 11) is -1.30. The van der Waals surface area contributed by atoms with Crippen molar-refractivity contribution in [2.75, 3.05) is 25.1 Å². The lowest BCUT2D eigenvalue weighted by Crippen LogP contribution is -2.52. The lowest BCUT2D eigenvalue weighted by atomic mass is 10.1. The minimum Gasteiger partial charge on any atom is -0.497 e. The van der Waals surface area contributed by atoms with E-state index in [1.807, 2.05) is 13.8 Å². The van der Waals surface area contributed by atoms with Gasteiger partial charge in [0.25, 0.3) is 10.0 Å². The molecule has 0 saturated heterocycles. The molecule has 0 bridgehead atoms. The van der Waals surface area contributed by atoms with Gasteiger partial charge in [0.2, 0.25) is 11.8 Å². The molecule has 11 heteroatoms. The van der Waals surface area contributed by atoms with Gasteiger partial charge >= 0.3 is 0 Å². The van der Waals surface area contributed by atoms with Crippen LogP contribution in [0.4, 0.5) is 5.69 Å². The fourth-order valence-corrected chi connectivity index (χ4v) is 5.61. The minimum absolute atomic E-state index is 0.0165. The summed E-state index contributed by atoms with van der Waals surface area (Å²) in [5.41, 5.74) is 0.826. The zero-order valence-corrected chi connectivity index (χ0v) is 24.7. The third-order valence-corrected chi connectivity index (χ3v) is 8.14.